The summed E-state index contributed by atoms with van der Waals surface area (Å²) < 4.78 is 5.40. The maximum absolute atomic E-state index is 13.6. The lowest BCUT2D eigenvalue weighted by Gasteiger charge is -2.54. The lowest BCUT2D eigenvalue weighted by atomic mass is 9.99. The van der Waals surface area contributed by atoms with Gasteiger partial charge in [0.2, 0.25) is 11.8 Å². The minimum Gasteiger partial charge on any atom is -0.367 e. The molecule has 182 valence electrons. The average molecular weight is 476 g/mol. The molecule has 0 aliphatic carbocycles. The molecule has 0 unspecified atom stereocenters. The average Bonchev–Trinajstić information content (AvgIpc) is 2.87. The predicted octanol–water partition coefficient (Wildman–Crippen LogP) is 1.45. The number of hydrazine groups is 1. The summed E-state index contributed by atoms with van der Waals surface area (Å²) in [7, 11) is 1.70. The lowest BCUT2D eigenvalue weighted by Crippen LogP contribution is -2.74. The maximum Gasteiger partial charge on any atom is 0.334 e. The van der Waals surface area contributed by atoms with Crippen molar-refractivity contribution in [2.75, 3.05) is 39.9 Å². The SMILES string of the molecule is C#CCOCCN1C[C@H]2N(C(=O)CN(C)N2C(=O)NCc2ccccc2)[C@@H](c2ccccc2)C1=O. The van der Waals surface area contributed by atoms with Crippen LogP contribution in [0.3, 0.4) is 0 Å². The molecule has 2 aromatic carbocycles. The molecular formula is C26H29N5O4. The van der Waals surface area contributed by atoms with E-state index in [1.165, 1.54) is 5.01 Å². The molecule has 0 spiro atoms. The molecular weight excluding hydrogens is 446 g/mol. The van der Waals surface area contributed by atoms with Crippen LogP contribution in [0.5, 0.6) is 0 Å². The second kappa shape index (κ2) is 11.0. The summed E-state index contributed by atoms with van der Waals surface area (Å²) in [5.41, 5.74) is 1.65. The Balaban J connectivity index is 1.62. The first kappa shape index (κ1) is 24.3. The van der Waals surface area contributed by atoms with E-state index in [-0.39, 0.29) is 44.1 Å². The third kappa shape index (κ3) is 5.29. The first-order valence-electron chi connectivity index (χ1n) is 11.5. The number of terminal acetylenes is 1. The van der Waals surface area contributed by atoms with Crippen molar-refractivity contribution in [1.29, 1.82) is 0 Å². The molecule has 2 heterocycles. The zero-order valence-corrected chi connectivity index (χ0v) is 19.7. The predicted molar refractivity (Wildman–Crippen MR) is 129 cm³/mol. The molecule has 2 aliphatic heterocycles. The van der Waals surface area contributed by atoms with Crippen molar-refractivity contribution in [3.8, 4) is 12.3 Å². The molecule has 9 heteroatoms. The van der Waals surface area contributed by atoms with Gasteiger partial charge in [-0.05, 0) is 11.1 Å². The summed E-state index contributed by atoms with van der Waals surface area (Å²) >= 11 is 0. The molecule has 0 saturated carbocycles. The van der Waals surface area contributed by atoms with Crippen molar-refractivity contribution >= 4 is 17.8 Å². The van der Waals surface area contributed by atoms with Gasteiger partial charge in [0, 0.05) is 20.1 Å². The van der Waals surface area contributed by atoms with Gasteiger partial charge in [0.05, 0.1) is 19.7 Å². The van der Waals surface area contributed by atoms with E-state index in [0.29, 0.717) is 18.7 Å². The Morgan fingerprint density at radius 2 is 1.80 bits per heavy atom. The number of hydrogen-bond donors (Lipinski definition) is 1. The number of ether oxygens (including phenoxy) is 1. The number of urea groups is 1. The highest BCUT2D eigenvalue weighted by Gasteiger charge is 2.51. The number of fused-ring (bicyclic) bond motifs is 1. The fraction of sp³-hybridized carbons (Fsp3) is 0.346. The van der Waals surface area contributed by atoms with E-state index >= 15 is 0 Å². The molecule has 0 aromatic heterocycles. The van der Waals surface area contributed by atoms with Crippen LogP contribution in [-0.4, -0.2) is 83.7 Å². The van der Waals surface area contributed by atoms with Gasteiger partial charge in [-0.25, -0.2) is 14.8 Å². The topological polar surface area (TPSA) is 85.4 Å². The molecule has 9 nitrogen and oxygen atoms in total. The smallest absolute Gasteiger partial charge is 0.334 e. The quantitative estimate of drug-likeness (QED) is 0.484. The van der Waals surface area contributed by atoms with E-state index in [9.17, 15) is 14.4 Å². The zero-order chi connectivity index (χ0) is 24.8. The molecule has 0 radical (unpaired) electrons. The van der Waals surface area contributed by atoms with Crippen molar-refractivity contribution in [3.05, 3.63) is 71.8 Å². The second-order valence-corrected chi connectivity index (χ2v) is 8.44. The van der Waals surface area contributed by atoms with E-state index in [4.69, 9.17) is 11.2 Å². The third-order valence-electron chi connectivity index (χ3n) is 6.13. The number of carbonyl (C=O) groups is 3. The van der Waals surface area contributed by atoms with Crippen LogP contribution in [0, 0.1) is 12.3 Å². The summed E-state index contributed by atoms with van der Waals surface area (Å²) in [5, 5.41) is 6.08. The summed E-state index contributed by atoms with van der Waals surface area (Å²) in [5.74, 6) is 1.99. The van der Waals surface area contributed by atoms with E-state index in [1.807, 2.05) is 60.7 Å². The maximum atomic E-state index is 13.6. The van der Waals surface area contributed by atoms with Gasteiger partial charge >= 0.3 is 6.03 Å². The van der Waals surface area contributed by atoms with Crippen LogP contribution in [0.25, 0.3) is 0 Å². The highest BCUT2D eigenvalue weighted by molar-refractivity contribution is 5.92. The van der Waals surface area contributed by atoms with Crippen molar-refractivity contribution in [3.63, 3.8) is 0 Å². The number of carbonyl (C=O) groups excluding carboxylic acids is 3. The normalized spacial score (nSPS) is 20.4. The minimum atomic E-state index is -0.840. The molecule has 2 aromatic rings. The number of nitrogens with one attached hydrogen (secondary N) is 1. The Morgan fingerprint density at radius 1 is 1.11 bits per heavy atom. The standard InChI is InChI=1S/C26H29N5O4/c1-3-15-35-16-14-29-18-22-30(24(25(29)33)21-12-8-5-9-13-21)23(32)19-28(2)31(22)26(34)27-17-20-10-6-4-7-11-20/h1,4-13,22,24H,14-19H2,2H3,(H,27,34)/t22-,24-/m0/s1. The van der Waals surface area contributed by atoms with Crippen LogP contribution >= 0.6 is 0 Å². The Morgan fingerprint density at radius 3 is 2.49 bits per heavy atom. The van der Waals surface area contributed by atoms with Gasteiger partial charge in [-0.2, -0.15) is 0 Å². The van der Waals surface area contributed by atoms with Crippen LogP contribution in [0.15, 0.2) is 60.7 Å². The Labute approximate surface area is 205 Å². The molecule has 35 heavy (non-hydrogen) atoms. The summed E-state index contributed by atoms with van der Waals surface area (Å²) in [6, 6.07) is 17.6. The molecule has 0 bridgehead atoms. The van der Waals surface area contributed by atoms with Gasteiger partial charge in [0.15, 0.2) is 0 Å². The fourth-order valence-corrected chi connectivity index (χ4v) is 4.52. The highest BCUT2D eigenvalue weighted by Crippen LogP contribution is 2.34. The van der Waals surface area contributed by atoms with Crippen molar-refractivity contribution in [2.24, 2.45) is 0 Å². The first-order chi connectivity index (χ1) is 17.0. The number of hydrogen-bond acceptors (Lipinski definition) is 5. The monoisotopic (exact) mass is 475 g/mol. The third-order valence-corrected chi connectivity index (χ3v) is 6.13. The number of benzene rings is 2. The number of piperazine rings is 1. The Hall–Kier alpha value is -3.87. The van der Waals surface area contributed by atoms with Gasteiger partial charge in [-0.15, -0.1) is 6.42 Å². The zero-order valence-electron chi connectivity index (χ0n) is 19.7. The minimum absolute atomic E-state index is 0.0167. The molecule has 4 amide bonds. The molecule has 2 aliphatic rings. The fourth-order valence-electron chi connectivity index (χ4n) is 4.52. The summed E-state index contributed by atoms with van der Waals surface area (Å²) in [6.07, 6.45) is 4.58. The molecule has 2 saturated heterocycles. The van der Waals surface area contributed by atoms with Crippen molar-refractivity contribution in [1.82, 2.24) is 25.1 Å². The van der Waals surface area contributed by atoms with Gasteiger partial charge in [0.1, 0.15) is 18.8 Å². The number of rotatable bonds is 7. The number of amides is 4. The highest BCUT2D eigenvalue weighted by atomic mass is 16.5. The second-order valence-electron chi connectivity index (χ2n) is 8.44. The van der Waals surface area contributed by atoms with Crippen LogP contribution in [0.2, 0.25) is 0 Å². The van der Waals surface area contributed by atoms with Crippen LogP contribution < -0.4 is 5.32 Å². The van der Waals surface area contributed by atoms with Gasteiger partial charge in [-0.1, -0.05) is 66.6 Å². The summed E-state index contributed by atoms with van der Waals surface area (Å²) in [4.78, 5) is 43.3. The summed E-state index contributed by atoms with van der Waals surface area (Å²) in [6.45, 7) is 1.19. The molecule has 4 rings (SSSR count). The number of nitrogens with zero attached hydrogens (tertiary/aromatic N) is 4. The largest absolute Gasteiger partial charge is 0.367 e. The molecule has 2 fully saturated rings. The van der Waals surface area contributed by atoms with E-state index < -0.39 is 12.2 Å². The first-order valence-corrected chi connectivity index (χ1v) is 11.5. The Kier molecular flexibility index (Phi) is 7.65. The Bertz CT molecular complexity index is 1090. The van der Waals surface area contributed by atoms with E-state index in [0.717, 1.165) is 5.56 Å². The van der Waals surface area contributed by atoms with Gasteiger partial charge in [-0.3, -0.25) is 9.59 Å². The van der Waals surface area contributed by atoms with Gasteiger partial charge < -0.3 is 19.9 Å². The molecule has 1 N–H and O–H groups in total. The lowest BCUT2D eigenvalue weighted by molar-refractivity contribution is -0.188. The van der Waals surface area contributed by atoms with Crippen LogP contribution in [0.1, 0.15) is 17.2 Å². The van der Waals surface area contributed by atoms with Crippen molar-refractivity contribution in [2.45, 2.75) is 18.8 Å². The number of likely N-dealkylation sites (N-methyl/N-ethyl adjacent to an activating group) is 1. The van der Waals surface area contributed by atoms with E-state index in [1.54, 1.807) is 21.9 Å². The van der Waals surface area contributed by atoms with Crippen molar-refractivity contribution < 1.29 is 19.1 Å². The van der Waals surface area contributed by atoms with Gasteiger partial charge in [0.25, 0.3) is 0 Å². The molecule has 2 atom stereocenters. The van der Waals surface area contributed by atoms with E-state index in [2.05, 4.69) is 11.2 Å². The van der Waals surface area contributed by atoms with Crippen LogP contribution in [-0.2, 0) is 20.9 Å². The van der Waals surface area contributed by atoms with Crippen LogP contribution in [0.4, 0.5) is 4.79 Å².